The van der Waals surface area contributed by atoms with Crippen molar-refractivity contribution in [2.75, 3.05) is 6.61 Å². The lowest BCUT2D eigenvalue weighted by molar-refractivity contribution is -0.121. The number of pyridine rings is 1. The third kappa shape index (κ3) is 4.34. The molecular formula is C18H19N5O2S. The molecule has 3 rings (SSSR count). The van der Waals surface area contributed by atoms with Gasteiger partial charge in [-0.3, -0.25) is 19.4 Å². The number of H-pyrrole nitrogens is 1. The fraction of sp³-hybridized carbons (Fsp3) is 0.222. The van der Waals surface area contributed by atoms with Gasteiger partial charge in [0, 0.05) is 24.5 Å². The van der Waals surface area contributed by atoms with Crippen LogP contribution in [0, 0.1) is 4.77 Å². The molecular weight excluding hydrogens is 350 g/mol. The number of aromatic nitrogens is 4. The van der Waals surface area contributed by atoms with E-state index in [4.69, 9.17) is 17.0 Å². The molecule has 1 amide bonds. The number of hydrogen-bond acceptors (Lipinski definition) is 5. The number of carbonyl (C=O) groups is 1. The van der Waals surface area contributed by atoms with Gasteiger partial charge in [-0.15, -0.1) is 0 Å². The number of rotatable bonds is 7. The summed E-state index contributed by atoms with van der Waals surface area (Å²) in [7, 11) is 0. The summed E-state index contributed by atoms with van der Waals surface area (Å²) < 4.78 is 7.51. The molecule has 1 aromatic carbocycles. The Bertz CT molecular complexity index is 919. The largest absolute Gasteiger partial charge is 0.494 e. The van der Waals surface area contributed by atoms with Crippen molar-refractivity contribution in [3.05, 3.63) is 59.1 Å². The number of nitrogens with one attached hydrogen (secondary N) is 2. The number of benzene rings is 1. The van der Waals surface area contributed by atoms with Crippen molar-refractivity contribution in [3.8, 4) is 17.1 Å². The maximum Gasteiger partial charge on any atom is 0.240 e. The predicted octanol–water partition coefficient (Wildman–Crippen LogP) is 2.72. The molecule has 0 unspecified atom stereocenters. The van der Waals surface area contributed by atoms with Crippen LogP contribution in [0.5, 0.6) is 5.75 Å². The van der Waals surface area contributed by atoms with Gasteiger partial charge >= 0.3 is 0 Å². The van der Waals surface area contributed by atoms with Crippen LogP contribution in [0.15, 0.2) is 48.8 Å². The van der Waals surface area contributed by atoms with Crippen LogP contribution in [0.1, 0.15) is 12.5 Å². The molecule has 134 valence electrons. The summed E-state index contributed by atoms with van der Waals surface area (Å²) in [5.74, 6) is 1.24. The monoisotopic (exact) mass is 369 g/mol. The van der Waals surface area contributed by atoms with Crippen LogP contribution in [-0.2, 0) is 17.9 Å². The Hall–Kier alpha value is -3.00. The molecule has 0 atom stereocenters. The minimum Gasteiger partial charge on any atom is -0.494 e. The summed E-state index contributed by atoms with van der Waals surface area (Å²) in [5, 5.41) is 9.86. The number of amides is 1. The van der Waals surface area contributed by atoms with Gasteiger partial charge in [0.15, 0.2) is 10.6 Å². The summed E-state index contributed by atoms with van der Waals surface area (Å²) in [6, 6.07) is 11.2. The summed E-state index contributed by atoms with van der Waals surface area (Å²) in [6.07, 6.45) is 3.41. The smallest absolute Gasteiger partial charge is 0.240 e. The number of carbonyl (C=O) groups excluding carboxylic acids is 1. The Morgan fingerprint density at radius 1 is 1.31 bits per heavy atom. The van der Waals surface area contributed by atoms with E-state index in [0.717, 1.165) is 16.9 Å². The molecule has 0 aliphatic carbocycles. The van der Waals surface area contributed by atoms with Crippen molar-refractivity contribution in [1.82, 2.24) is 25.1 Å². The fourth-order valence-corrected chi connectivity index (χ4v) is 2.65. The molecule has 2 heterocycles. The molecule has 3 aromatic rings. The lowest BCUT2D eigenvalue weighted by atomic mass is 10.2. The number of nitrogens with zero attached hydrogens (tertiary/aromatic N) is 3. The summed E-state index contributed by atoms with van der Waals surface area (Å²) in [4.78, 5) is 16.3. The molecule has 8 heteroatoms. The lowest BCUT2D eigenvalue weighted by Crippen LogP contribution is -2.27. The van der Waals surface area contributed by atoms with Gasteiger partial charge in [-0.2, -0.15) is 5.10 Å². The van der Waals surface area contributed by atoms with Crippen LogP contribution < -0.4 is 10.1 Å². The molecule has 2 aromatic heterocycles. The fourth-order valence-electron chi connectivity index (χ4n) is 2.45. The maximum absolute atomic E-state index is 12.3. The molecule has 0 saturated heterocycles. The van der Waals surface area contributed by atoms with E-state index in [0.29, 0.717) is 23.7 Å². The quantitative estimate of drug-likeness (QED) is 0.626. The molecule has 26 heavy (non-hydrogen) atoms. The van der Waals surface area contributed by atoms with Gasteiger partial charge in [-0.25, -0.2) is 0 Å². The van der Waals surface area contributed by atoms with E-state index >= 15 is 0 Å². The molecule has 0 radical (unpaired) electrons. The topological polar surface area (TPSA) is 84.8 Å². The van der Waals surface area contributed by atoms with E-state index < -0.39 is 0 Å². The van der Waals surface area contributed by atoms with Gasteiger partial charge in [-0.1, -0.05) is 6.07 Å². The van der Waals surface area contributed by atoms with Crippen molar-refractivity contribution in [2.24, 2.45) is 0 Å². The summed E-state index contributed by atoms with van der Waals surface area (Å²) in [6.45, 7) is 3.03. The zero-order valence-corrected chi connectivity index (χ0v) is 15.1. The highest BCUT2D eigenvalue weighted by molar-refractivity contribution is 7.71. The van der Waals surface area contributed by atoms with Crippen molar-refractivity contribution in [1.29, 1.82) is 0 Å². The van der Waals surface area contributed by atoms with Gasteiger partial charge in [0.1, 0.15) is 12.3 Å². The minimum absolute atomic E-state index is 0.0815. The van der Waals surface area contributed by atoms with Crippen LogP contribution in [0.3, 0.4) is 0 Å². The van der Waals surface area contributed by atoms with E-state index in [2.05, 4.69) is 20.5 Å². The zero-order chi connectivity index (χ0) is 18.4. The van der Waals surface area contributed by atoms with E-state index in [9.17, 15) is 4.79 Å². The highest BCUT2D eigenvalue weighted by Gasteiger charge is 2.12. The SMILES string of the molecule is CCOc1ccc(-c2n[nH]c(=S)n2CC(=O)NCc2cccnc2)cc1. The average molecular weight is 369 g/mol. The second-order valence-corrected chi connectivity index (χ2v) is 5.92. The maximum atomic E-state index is 12.3. The van der Waals surface area contributed by atoms with Gasteiger partial charge in [0.05, 0.1) is 6.61 Å². The van der Waals surface area contributed by atoms with Gasteiger partial charge < -0.3 is 10.1 Å². The van der Waals surface area contributed by atoms with Crippen LogP contribution >= 0.6 is 12.2 Å². The van der Waals surface area contributed by atoms with E-state index in [-0.39, 0.29) is 12.5 Å². The Morgan fingerprint density at radius 2 is 2.12 bits per heavy atom. The Morgan fingerprint density at radius 3 is 2.81 bits per heavy atom. The standard InChI is InChI=1S/C18H19N5O2S/c1-2-25-15-7-5-14(6-8-15)17-21-22-18(26)23(17)12-16(24)20-11-13-4-3-9-19-10-13/h3-10H,2,11-12H2,1H3,(H,20,24)(H,22,26). The Kier molecular flexibility index (Phi) is 5.75. The van der Waals surface area contributed by atoms with Gasteiger partial charge in [0.25, 0.3) is 0 Å². The molecule has 0 saturated carbocycles. The summed E-state index contributed by atoms with van der Waals surface area (Å²) >= 11 is 5.27. The normalized spacial score (nSPS) is 10.5. The highest BCUT2D eigenvalue weighted by atomic mass is 32.1. The first kappa shape index (κ1) is 17.8. The Balaban J connectivity index is 1.71. The molecule has 0 fully saturated rings. The molecule has 0 aliphatic heterocycles. The second-order valence-electron chi connectivity index (χ2n) is 5.53. The average Bonchev–Trinajstić information content (AvgIpc) is 3.02. The number of ether oxygens (including phenoxy) is 1. The minimum atomic E-state index is -0.154. The van der Waals surface area contributed by atoms with Crippen LogP contribution in [-0.4, -0.2) is 32.3 Å². The number of aromatic amines is 1. The van der Waals surface area contributed by atoms with E-state index in [1.165, 1.54) is 0 Å². The number of hydrogen-bond donors (Lipinski definition) is 2. The van der Waals surface area contributed by atoms with Crippen LogP contribution in [0.4, 0.5) is 0 Å². The first-order valence-corrected chi connectivity index (χ1v) is 8.62. The third-order valence-electron chi connectivity index (χ3n) is 3.70. The molecule has 0 aliphatic rings. The van der Waals surface area contributed by atoms with Gasteiger partial charge in [-0.05, 0) is 55.0 Å². The second kappa shape index (κ2) is 8.39. The Labute approximate surface area is 156 Å². The molecule has 2 N–H and O–H groups in total. The molecule has 0 bridgehead atoms. The van der Waals surface area contributed by atoms with Crippen molar-refractivity contribution < 1.29 is 9.53 Å². The van der Waals surface area contributed by atoms with Gasteiger partial charge in [0.2, 0.25) is 5.91 Å². The van der Waals surface area contributed by atoms with Crippen LogP contribution in [0.2, 0.25) is 0 Å². The summed E-state index contributed by atoms with van der Waals surface area (Å²) in [5.41, 5.74) is 1.78. The first-order chi connectivity index (χ1) is 12.7. The highest BCUT2D eigenvalue weighted by Crippen LogP contribution is 2.21. The van der Waals surface area contributed by atoms with Crippen molar-refractivity contribution in [3.63, 3.8) is 0 Å². The first-order valence-electron chi connectivity index (χ1n) is 8.21. The van der Waals surface area contributed by atoms with Crippen molar-refractivity contribution in [2.45, 2.75) is 20.0 Å². The lowest BCUT2D eigenvalue weighted by Gasteiger charge is -2.09. The van der Waals surface area contributed by atoms with E-state index in [1.54, 1.807) is 17.0 Å². The predicted molar refractivity (Wildman–Crippen MR) is 100 cm³/mol. The molecule has 0 spiro atoms. The van der Waals surface area contributed by atoms with Crippen LogP contribution in [0.25, 0.3) is 11.4 Å². The molecule has 7 nitrogen and oxygen atoms in total. The third-order valence-corrected chi connectivity index (χ3v) is 4.01. The van der Waals surface area contributed by atoms with E-state index in [1.807, 2.05) is 43.3 Å². The zero-order valence-electron chi connectivity index (χ0n) is 14.3. The van der Waals surface area contributed by atoms with Crippen molar-refractivity contribution >= 4 is 18.1 Å².